The van der Waals surface area contributed by atoms with Crippen molar-refractivity contribution >= 4 is 17.5 Å². The minimum Gasteiger partial charge on any atom is -0.435 e. The van der Waals surface area contributed by atoms with E-state index in [0.717, 1.165) is 5.82 Å². The third-order valence-electron chi connectivity index (χ3n) is 4.61. The number of imidazole rings is 1. The first-order valence-corrected chi connectivity index (χ1v) is 9.24. The molecule has 1 aromatic carbocycles. The van der Waals surface area contributed by atoms with Crippen molar-refractivity contribution in [3.8, 4) is 11.6 Å². The van der Waals surface area contributed by atoms with E-state index in [4.69, 9.17) is 0 Å². The molecule has 4 rings (SSSR count). The van der Waals surface area contributed by atoms with E-state index < -0.39 is 6.61 Å². The average molecular weight is 415 g/mol. The largest absolute Gasteiger partial charge is 0.435 e. The Morgan fingerprint density at radius 3 is 2.63 bits per heavy atom. The van der Waals surface area contributed by atoms with E-state index in [1.165, 1.54) is 24.5 Å². The second-order valence-corrected chi connectivity index (χ2v) is 6.51. The average Bonchev–Trinajstić information content (AvgIpc) is 3.29. The molecule has 0 radical (unpaired) electrons. The summed E-state index contributed by atoms with van der Waals surface area (Å²) in [6.07, 6.45) is 6.64. The number of urea groups is 1. The van der Waals surface area contributed by atoms with Crippen LogP contribution in [0.25, 0.3) is 5.82 Å². The van der Waals surface area contributed by atoms with Gasteiger partial charge in [-0.25, -0.2) is 19.7 Å². The van der Waals surface area contributed by atoms with Crippen molar-refractivity contribution in [1.82, 2.24) is 24.4 Å². The van der Waals surface area contributed by atoms with E-state index in [1.54, 1.807) is 34.3 Å². The van der Waals surface area contributed by atoms with Gasteiger partial charge in [-0.15, -0.1) is 0 Å². The highest BCUT2D eigenvalue weighted by atomic mass is 19.3. The van der Waals surface area contributed by atoms with Crippen LogP contribution in [0.3, 0.4) is 0 Å². The molecule has 3 heterocycles. The SMILES string of the molecule is O=C(Nc1cccc(OC(F)F)c1)N1CCN(c2cc(-n3ccnc3)ncn2)CC1. The van der Waals surface area contributed by atoms with Crippen molar-refractivity contribution < 1.29 is 18.3 Å². The fraction of sp³-hybridized carbons (Fsp3) is 0.263. The topological polar surface area (TPSA) is 88.4 Å². The van der Waals surface area contributed by atoms with Gasteiger partial charge < -0.3 is 19.9 Å². The van der Waals surface area contributed by atoms with Crippen LogP contribution in [0.15, 0.2) is 55.4 Å². The van der Waals surface area contributed by atoms with Crippen LogP contribution >= 0.6 is 0 Å². The summed E-state index contributed by atoms with van der Waals surface area (Å²) in [5.41, 5.74) is 0.390. The Morgan fingerprint density at radius 1 is 1.10 bits per heavy atom. The molecule has 1 fully saturated rings. The number of hydrogen-bond donors (Lipinski definition) is 1. The predicted molar refractivity (Wildman–Crippen MR) is 105 cm³/mol. The maximum absolute atomic E-state index is 12.5. The number of nitrogens with one attached hydrogen (secondary N) is 1. The summed E-state index contributed by atoms with van der Waals surface area (Å²) in [6, 6.07) is 7.49. The van der Waals surface area contributed by atoms with E-state index in [-0.39, 0.29) is 11.8 Å². The molecule has 1 aliphatic rings. The van der Waals surface area contributed by atoms with Gasteiger partial charge in [0.15, 0.2) is 0 Å². The summed E-state index contributed by atoms with van der Waals surface area (Å²) in [5.74, 6) is 1.47. The van der Waals surface area contributed by atoms with Crippen LogP contribution in [-0.4, -0.2) is 63.2 Å². The number of carbonyl (C=O) groups excluding carboxylic acids is 1. The zero-order valence-corrected chi connectivity index (χ0v) is 15.9. The van der Waals surface area contributed by atoms with Crippen molar-refractivity contribution in [3.05, 3.63) is 55.4 Å². The van der Waals surface area contributed by atoms with Gasteiger partial charge in [0, 0.05) is 56.4 Å². The lowest BCUT2D eigenvalue weighted by molar-refractivity contribution is -0.0497. The van der Waals surface area contributed by atoms with E-state index in [1.807, 2.05) is 6.07 Å². The van der Waals surface area contributed by atoms with Crippen LogP contribution in [0.5, 0.6) is 5.75 Å². The van der Waals surface area contributed by atoms with Gasteiger partial charge in [-0.05, 0) is 12.1 Å². The highest BCUT2D eigenvalue weighted by Gasteiger charge is 2.22. The van der Waals surface area contributed by atoms with Crippen LogP contribution in [0, 0.1) is 0 Å². The van der Waals surface area contributed by atoms with Crippen molar-refractivity contribution in [2.24, 2.45) is 0 Å². The maximum Gasteiger partial charge on any atom is 0.387 e. The molecule has 11 heteroatoms. The Bertz CT molecular complexity index is 992. The van der Waals surface area contributed by atoms with E-state index in [0.29, 0.717) is 37.7 Å². The molecule has 2 aromatic heterocycles. The normalized spacial score (nSPS) is 14.1. The molecular formula is C19H19F2N7O2. The number of carbonyl (C=O) groups is 1. The molecule has 1 aliphatic heterocycles. The molecule has 0 spiro atoms. The summed E-state index contributed by atoms with van der Waals surface area (Å²) in [5, 5.41) is 2.72. The molecule has 3 aromatic rings. The number of alkyl halides is 2. The molecule has 0 aliphatic carbocycles. The number of nitrogens with zero attached hydrogens (tertiary/aromatic N) is 6. The standard InChI is InChI=1S/C19H19F2N7O2/c20-18(21)30-15-3-1-2-14(10-15)25-19(29)27-8-6-26(7-9-27)16-11-17(24-12-23-16)28-5-4-22-13-28/h1-5,10-13,18H,6-9H2,(H,25,29). The number of aromatic nitrogens is 4. The maximum atomic E-state index is 12.5. The van der Waals surface area contributed by atoms with Crippen molar-refractivity contribution in [3.63, 3.8) is 0 Å². The van der Waals surface area contributed by atoms with Gasteiger partial charge in [-0.2, -0.15) is 8.78 Å². The van der Waals surface area contributed by atoms with E-state index in [2.05, 4.69) is 29.9 Å². The van der Waals surface area contributed by atoms with E-state index >= 15 is 0 Å². The first kappa shape index (κ1) is 19.6. The van der Waals surface area contributed by atoms with Crippen molar-refractivity contribution in [2.75, 3.05) is 36.4 Å². The Kier molecular flexibility index (Phi) is 5.68. The minimum atomic E-state index is -2.92. The number of anilines is 2. The number of ether oxygens (including phenoxy) is 1. The molecule has 1 N–H and O–H groups in total. The van der Waals surface area contributed by atoms with Crippen LogP contribution in [0.1, 0.15) is 0 Å². The third-order valence-corrected chi connectivity index (χ3v) is 4.61. The van der Waals surface area contributed by atoms with Gasteiger partial charge in [0.05, 0.1) is 0 Å². The number of piperazine rings is 1. The first-order chi connectivity index (χ1) is 14.6. The molecule has 0 atom stereocenters. The summed E-state index contributed by atoms with van der Waals surface area (Å²) < 4.78 is 30.9. The molecule has 156 valence electrons. The molecule has 30 heavy (non-hydrogen) atoms. The number of halogens is 2. The molecule has 9 nitrogen and oxygen atoms in total. The van der Waals surface area contributed by atoms with Crippen LogP contribution in [-0.2, 0) is 0 Å². The zero-order valence-electron chi connectivity index (χ0n) is 15.9. The highest BCUT2D eigenvalue weighted by molar-refractivity contribution is 5.89. The fourth-order valence-electron chi connectivity index (χ4n) is 3.14. The summed E-state index contributed by atoms with van der Waals surface area (Å²) >= 11 is 0. The van der Waals surface area contributed by atoms with Gasteiger partial charge in [-0.1, -0.05) is 6.07 Å². The second kappa shape index (κ2) is 8.72. The van der Waals surface area contributed by atoms with Crippen molar-refractivity contribution in [2.45, 2.75) is 6.61 Å². The summed E-state index contributed by atoms with van der Waals surface area (Å²) in [4.78, 5) is 28.9. The van der Waals surface area contributed by atoms with Gasteiger partial charge in [0.1, 0.15) is 30.0 Å². The molecule has 2 amide bonds. The summed E-state index contributed by atoms with van der Waals surface area (Å²) in [7, 11) is 0. The van der Waals surface area contributed by atoms with Crippen molar-refractivity contribution in [1.29, 1.82) is 0 Å². The lowest BCUT2D eigenvalue weighted by Crippen LogP contribution is -2.50. The van der Waals surface area contributed by atoms with Crippen LogP contribution in [0.2, 0.25) is 0 Å². The fourth-order valence-corrected chi connectivity index (χ4v) is 3.14. The van der Waals surface area contributed by atoms with Gasteiger partial charge >= 0.3 is 12.6 Å². The third kappa shape index (κ3) is 4.62. The lowest BCUT2D eigenvalue weighted by atomic mass is 10.3. The summed E-state index contributed by atoms with van der Waals surface area (Å²) in [6.45, 7) is -0.738. The Hall–Kier alpha value is -3.76. The van der Waals surface area contributed by atoms with Crippen LogP contribution < -0.4 is 15.0 Å². The molecule has 1 saturated heterocycles. The predicted octanol–water partition coefficient (Wildman–Crippen LogP) is 2.62. The monoisotopic (exact) mass is 415 g/mol. The highest BCUT2D eigenvalue weighted by Crippen LogP contribution is 2.20. The first-order valence-electron chi connectivity index (χ1n) is 9.24. The molecular weight excluding hydrogens is 396 g/mol. The number of hydrogen-bond acceptors (Lipinski definition) is 6. The van der Waals surface area contributed by atoms with Crippen LogP contribution in [0.4, 0.5) is 25.1 Å². The minimum absolute atomic E-state index is 0.00919. The second-order valence-electron chi connectivity index (χ2n) is 6.51. The smallest absolute Gasteiger partial charge is 0.387 e. The van der Waals surface area contributed by atoms with Gasteiger partial charge in [-0.3, -0.25) is 4.57 Å². The molecule has 0 bridgehead atoms. The quantitative estimate of drug-likeness (QED) is 0.689. The molecule has 0 unspecified atom stereocenters. The zero-order chi connectivity index (χ0) is 20.9. The molecule has 0 saturated carbocycles. The van der Waals surface area contributed by atoms with Gasteiger partial charge in [0.25, 0.3) is 0 Å². The lowest BCUT2D eigenvalue weighted by Gasteiger charge is -2.35. The Balaban J connectivity index is 1.34. The number of benzene rings is 1. The van der Waals surface area contributed by atoms with Gasteiger partial charge in [0.2, 0.25) is 0 Å². The van der Waals surface area contributed by atoms with E-state index in [9.17, 15) is 13.6 Å². The number of amides is 2. The number of rotatable bonds is 5. The Labute approximate surface area is 170 Å². The Morgan fingerprint density at radius 2 is 1.90 bits per heavy atom.